The number of carboxylic acid groups (broad SMARTS) is 1. The zero-order chi connectivity index (χ0) is 12.2. The normalized spacial score (nSPS) is 14.2. The summed E-state index contributed by atoms with van der Waals surface area (Å²) < 4.78 is 1.24. The molecule has 2 heterocycles. The first-order valence-electron chi connectivity index (χ1n) is 5.46. The second kappa shape index (κ2) is 3.19. The van der Waals surface area contributed by atoms with Gasteiger partial charge in [0.25, 0.3) is 5.56 Å². The van der Waals surface area contributed by atoms with E-state index in [0.717, 1.165) is 25.0 Å². The van der Waals surface area contributed by atoms with Crippen molar-refractivity contribution in [1.29, 1.82) is 0 Å². The number of nitrogens with one attached hydrogen (secondary N) is 1. The Bertz CT molecular complexity index is 696. The predicted molar refractivity (Wildman–Crippen MR) is 59.5 cm³/mol. The van der Waals surface area contributed by atoms with Crippen LogP contribution in [0.5, 0.6) is 0 Å². The van der Waals surface area contributed by atoms with E-state index < -0.39 is 5.97 Å². The maximum atomic E-state index is 12.1. The molecule has 0 radical (unpaired) electrons. The summed E-state index contributed by atoms with van der Waals surface area (Å²) in [6, 6.07) is 0. The molecule has 2 aromatic heterocycles. The monoisotopic (exact) mass is 233 g/mol. The number of aryl methyl sites for hydroxylation is 2. The average Bonchev–Trinajstić information content (AvgIpc) is 2.82. The van der Waals surface area contributed by atoms with Gasteiger partial charge in [0.2, 0.25) is 0 Å². The number of carboxylic acids is 1. The minimum atomic E-state index is -1.06. The second-order valence-electron chi connectivity index (χ2n) is 4.27. The molecule has 0 aromatic carbocycles. The fraction of sp³-hybridized carbons (Fsp3) is 0.364. The first kappa shape index (κ1) is 10.1. The van der Waals surface area contributed by atoms with Gasteiger partial charge in [-0.1, -0.05) is 0 Å². The average molecular weight is 233 g/mol. The quantitative estimate of drug-likeness (QED) is 0.751. The van der Waals surface area contributed by atoms with Crippen LogP contribution in [0.15, 0.2) is 4.79 Å². The Morgan fingerprint density at radius 2 is 2.24 bits per heavy atom. The molecule has 1 aliphatic rings. The van der Waals surface area contributed by atoms with Crippen molar-refractivity contribution in [2.24, 2.45) is 0 Å². The highest BCUT2D eigenvalue weighted by atomic mass is 16.4. The molecule has 0 fully saturated rings. The van der Waals surface area contributed by atoms with E-state index in [9.17, 15) is 9.59 Å². The van der Waals surface area contributed by atoms with Gasteiger partial charge < -0.3 is 5.11 Å². The number of nitrogens with zero attached hydrogens (tertiary/aromatic N) is 2. The summed E-state index contributed by atoms with van der Waals surface area (Å²) in [6.07, 6.45) is 2.39. The zero-order valence-corrected chi connectivity index (χ0v) is 9.28. The minimum Gasteiger partial charge on any atom is -0.477 e. The summed E-state index contributed by atoms with van der Waals surface area (Å²) in [5.41, 5.74) is 2.04. The lowest BCUT2D eigenvalue weighted by molar-refractivity contribution is 0.0698. The number of carbonyl (C=O) groups is 1. The largest absolute Gasteiger partial charge is 0.477 e. The maximum absolute atomic E-state index is 12.1. The van der Waals surface area contributed by atoms with E-state index in [-0.39, 0.29) is 16.8 Å². The molecule has 88 valence electrons. The Hall–Kier alpha value is -2.11. The van der Waals surface area contributed by atoms with E-state index in [1.165, 1.54) is 4.52 Å². The van der Waals surface area contributed by atoms with Crippen molar-refractivity contribution in [2.75, 3.05) is 0 Å². The number of fused-ring (bicyclic) bond motifs is 2. The second-order valence-corrected chi connectivity index (χ2v) is 4.27. The molecule has 1 aliphatic carbocycles. The lowest BCUT2D eigenvalue weighted by atomic mass is 10.2. The molecule has 0 atom stereocenters. The van der Waals surface area contributed by atoms with E-state index >= 15 is 0 Å². The van der Waals surface area contributed by atoms with Crippen LogP contribution in [0.1, 0.15) is 33.7 Å². The van der Waals surface area contributed by atoms with Crippen LogP contribution in [0.25, 0.3) is 5.65 Å². The van der Waals surface area contributed by atoms with E-state index in [1.54, 1.807) is 6.92 Å². The summed E-state index contributed by atoms with van der Waals surface area (Å²) in [6.45, 7) is 1.63. The highest BCUT2D eigenvalue weighted by Gasteiger charge is 2.23. The van der Waals surface area contributed by atoms with Gasteiger partial charge in [0.1, 0.15) is 5.56 Å². The van der Waals surface area contributed by atoms with Crippen molar-refractivity contribution >= 4 is 11.6 Å². The van der Waals surface area contributed by atoms with Crippen molar-refractivity contribution in [1.82, 2.24) is 14.6 Å². The van der Waals surface area contributed by atoms with Crippen molar-refractivity contribution < 1.29 is 9.90 Å². The van der Waals surface area contributed by atoms with Gasteiger partial charge in [0.15, 0.2) is 5.65 Å². The molecule has 3 rings (SSSR count). The molecule has 0 aliphatic heterocycles. The summed E-state index contributed by atoms with van der Waals surface area (Å²) in [4.78, 5) is 27.5. The Morgan fingerprint density at radius 3 is 2.94 bits per heavy atom. The standard InChI is InChI=1S/C11H11N3O3/c1-5-8(11(16)17)9-12-7-4-2-3-6(7)10(15)14(9)13-5/h13H,2-4H2,1H3,(H,16,17). The lowest BCUT2D eigenvalue weighted by Crippen LogP contribution is -2.20. The summed E-state index contributed by atoms with van der Waals surface area (Å²) in [7, 11) is 0. The Labute approximate surface area is 95.9 Å². The van der Waals surface area contributed by atoms with Gasteiger partial charge in [-0.3, -0.25) is 9.89 Å². The zero-order valence-electron chi connectivity index (χ0n) is 9.28. The van der Waals surface area contributed by atoms with Gasteiger partial charge in [-0.05, 0) is 26.2 Å². The number of hydrogen-bond acceptors (Lipinski definition) is 3. The van der Waals surface area contributed by atoms with E-state index in [4.69, 9.17) is 5.11 Å². The van der Waals surface area contributed by atoms with Crippen LogP contribution in [-0.2, 0) is 12.8 Å². The molecule has 6 heteroatoms. The van der Waals surface area contributed by atoms with Crippen molar-refractivity contribution in [3.63, 3.8) is 0 Å². The first-order valence-corrected chi connectivity index (χ1v) is 5.46. The van der Waals surface area contributed by atoms with Crippen molar-refractivity contribution in [3.05, 3.63) is 32.9 Å². The molecular formula is C11H11N3O3. The van der Waals surface area contributed by atoms with Crippen molar-refractivity contribution in [3.8, 4) is 0 Å². The molecule has 0 amide bonds. The van der Waals surface area contributed by atoms with Gasteiger partial charge >= 0.3 is 5.97 Å². The molecule has 0 saturated carbocycles. The minimum absolute atomic E-state index is 0.0804. The summed E-state index contributed by atoms with van der Waals surface area (Å²) in [5.74, 6) is -1.06. The number of hydrogen-bond donors (Lipinski definition) is 2. The first-order chi connectivity index (χ1) is 8.09. The molecule has 17 heavy (non-hydrogen) atoms. The molecule has 0 saturated heterocycles. The molecular weight excluding hydrogens is 222 g/mol. The van der Waals surface area contributed by atoms with E-state index in [2.05, 4.69) is 10.1 Å². The molecule has 0 spiro atoms. The number of H-pyrrole nitrogens is 1. The summed E-state index contributed by atoms with van der Waals surface area (Å²) in [5, 5.41) is 11.9. The molecule has 2 aromatic rings. The molecule has 0 unspecified atom stereocenters. The van der Waals surface area contributed by atoms with Crippen molar-refractivity contribution in [2.45, 2.75) is 26.2 Å². The smallest absolute Gasteiger partial charge is 0.341 e. The fourth-order valence-corrected chi connectivity index (χ4v) is 2.41. The predicted octanol–water partition coefficient (Wildman–Crippen LogP) is 0.518. The Balaban J connectivity index is 2.48. The van der Waals surface area contributed by atoms with Crippen LogP contribution in [0.2, 0.25) is 0 Å². The third kappa shape index (κ3) is 1.23. The molecule has 2 N–H and O–H groups in total. The topological polar surface area (TPSA) is 87.5 Å². The Kier molecular flexibility index (Phi) is 1.89. The van der Waals surface area contributed by atoms with E-state index in [1.807, 2.05) is 0 Å². The maximum Gasteiger partial charge on any atom is 0.341 e. The Morgan fingerprint density at radius 1 is 1.47 bits per heavy atom. The van der Waals surface area contributed by atoms with Gasteiger partial charge in [-0.25, -0.2) is 14.3 Å². The third-order valence-corrected chi connectivity index (χ3v) is 3.19. The number of aromatic nitrogens is 3. The summed E-state index contributed by atoms with van der Waals surface area (Å²) >= 11 is 0. The number of aromatic carboxylic acids is 1. The molecule has 0 bridgehead atoms. The third-order valence-electron chi connectivity index (χ3n) is 3.19. The van der Waals surface area contributed by atoms with Gasteiger partial charge in [0.05, 0.1) is 5.69 Å². The van der Waals surface area contributed by atoms with Crippen LogP contribution in [0, 0.1) is 6.92 Å². The highest BCUT2D eigenvalue weighted by Crippen LogP contribution is 2.19. The fourth-order valence-electron chi connectivity index (χ4n) is 2.41. The van der Waals surface area contributed by atoms with E-state index in [0.29, 0.717) is 11.3 Å². The lowest BCUT2D eigenvalue weighted by Gasteiger charge is -1.99. The SMILES string of the molecule is Cc1[nH]n2c(=O)c3c(nc2c1C(=O)O)CCC3. The van der Waals surface area contributed by atoms with Gasteiger partial charge in [-0.2, -0.15) is 0 Å². The highest BCUT2D eigenvalue weighted by molar-refractivity contribution is 5.95. The van der Waals surface area contributed by atoms with Crippen LogP contribution in [-0.4, -0.2) is 25.7 Å². The van der Waals surface area contributed by atoms with Crippen LogP contribution < -0.4 is 5.56 Å². The van der Waals surface area contributed by atoms with Crippen LogP contribution in [0.4, 0.5) is 0 Å². The van der Waals surface area contributed by atoms with Crippen LogP contribution >= 0.6 is 0 Å². The van der Waals surface area contributed by atoms with Gasteiger partial charge in [-0.15, -0.1) is 0 Å². The molecule has 6 nitrogen and oxygen atoms in total. The van der Waals surface area contributed by atoms with Crippen LogP contribution in [0.3, 0.4) is 0 Å². The number of rotatable bonds is 1. The number of aromatic amines is 1. The van der Waals surface area contributed by atoms with Gasteiger partial charge in [0, 0.05) is 11.3 Å².